The third-order valence-corrected chi connectivity index (χ3v) is 6.71. The molecule has 3 aromatic carbocycles. The molecule has 0 aliphatic carbocycles. The highest BCUT2D eigenvalue weighted by atomic mass is 32.1. The van der Waals surface area contributed by atoms with E-state index in [2.05, 4.69) is 10.6 Å². The van der Waals surface area contributed by atoms with Crippen LogP contribution in [0.4, 0.5) is 11.4 Å². The van der Waals surface area contributed by atoms with Crippen LogP contribution in [0, 0.1) is 0 Å². The average Bonchev–Trinajstić information content (AvgIpc) is 3.51. The lowest BCUT2D eigenvalue weighted by Gasteiger charge is -2.20. The summed E-state index contributed by atoms with van der Waals surface area (Å²) in [5.41, 5.74) is 1.27. The van der Waals surface area contributed by atoms with Gasteiger partial charge in [-0.1, -0.05) is 48.5 Å². The van der Waals surface area contributed by atoms with E-state index in [4.69, 9.17) is 14.2 Å². The number of carbonyl (C=O) groups excluding carboxylic acids is 4. The number of thiophene rings is 1. The number of nitrogens with one attached hydrogen (secondary N) is 2. The van der Waals surface area contributed by atoms with Gasteiger partial charge in [-0.25, -0.2) is 4.79 Å². The molecular formula is C30H26N2O7S. The number of ketones is 1. The summed E-state index contributed by atoms with van der Waals surface area (Å²) in [5.74, 6) is -1.60. The summed E-state index contributed by atoms with van der Waals surface area (Å²) >= 11 is 1.24. The molecule has 0 radical (unpaired) electrons. The molecule has 1 atom stereocenters. The summed E-state index contributed by atoms with van der Waals surface area (Å²) in [5, 5.41) is 7.20. The number of benzene rings is 3. The molecule has 2 N–H and O–H groups in total. The molecule has 1 heterocycles. The highest BCUT2D eigenvalue weighted by molar-refractivity contribution is 7.12. The van der Waals surface area contributed by atoms with E-state index in [0.717, 1.165) is 0 Å². The minimum atomic E-state index is -1.36. The molecule has 10 heteroatoms. The zero-order chi connectivity index (χ0) is 28.6. The van der Waals surface area contributed by atoms with Crippen molar-refractivity contribution in [3.05, 3.63) is 106 Å². The Morgan fingerprint density at radius 1 is 0.800 bits per heavy atom. The largest absolute Gasteiger partial charge is 0.493 e. The fourth-order valence-electron chi connectivity index (χ4n) is 3.84. The molecule has 204 valence electrons. The lowest BCUT2D eigenvalue weighted by atomic mass is 10.1. The molecule has 4 aromatic rings. The number of esters is 1. The van der Waals surface area contributed by atoms with Crippen LogP contribution >= 0.6 is 11.3 Å². The number of ether oxygens (including phenoxy) is 3. The van der Waals surface area contributed by atoms with Gasteiger partial charge in [0.15, 0.2) is 17.3 Å². The van der Waals surface area contributed by atoms with Crippen LogP contribution in [0.1, 0.15) is 49.0 Å². The standard InChI is InChI=1S/C30H26N2O7S/c1-18(33)20-11-7-12-21(15-20)31-29(35)27(19-9-5-4-6-10-19)39-30(36)22-16-24(37-2)25(38-3)17-23(22)32-28(34)26-13-8-14-40-26/h4-17,27H,1-3H3,(H,31,35)(H,32,34)/t27-/m1/s1. The van der Waals surface area contributed by atoms with Crippen molar-refractivity contribution in [2.24, 2.45) is 0 Å². The van der Waals surface area contributed by atoms with Gasteiger partial charge in [0.2, 0.25) is 6.10 Å². The average molecular weight is 559 g/mol. The van der Waals surface area contributed by atoms with E-state index in [0.29, 0.717) is 21.7 Å². The monoisotopic (exact) mass is 558 g/mol. The first-order valence-corrected chi connectivity index (χ1v) is 13.0. The number of carbonyl (C=O) groups is 4. The Kier molecular flexibility index (Phi) is 8.93. The van der Waals surface area contributed by atoms with Crippen molar-refractivity contribution in [1.82, 2.24) is 0 Å². The van der Waals surface area contributed by atoms with Gasteiger partial charge >= 0.3 is 5.97 Å². The number of anilines is 2. The number of rotatable bonds is 10. The molecule has 0 aliphatic rings. The van der Waals surface area contributed by atoms with E-state index in [1.807, 2.05) is 0 Å². The van der Waals surface area contributed by atoms with Crippen LogP contribution < -0.4 is 20.1 Å². The lowest BCUT2D eigenvalue weighted by Crippen LogP contribution is -2.26. The predicted molar refractivity (Wildman–Crippen MR) is 151 cm³/mol. The van der Waals surface area contributed by atoms with E-state index in [1.54, 1.807) is 66.0 Å². The van der Waals surface area contributed by atoms with Crippen molar-refractivity contribution in [3.63, 3.8) is 0 Å². The Bertz CT molecular complexity index is 1540. The maximum absolute atomic E-state index is 13.6. The molecule has 0 saturated heterocycles. The molecule has 1 aromatic heterocycles. The summed E-state index contributed by atoms with van der Waals surface area (Å²) in [6, 6.07) is 21.1. The van der Waals surface area contributed by atoms with Gasteiger partial charge < -0.3 is 24.8 Å². The Morgan fingerprint density at radius 2 is 1.52 bits per heavy atom. The number of hydrogen-bond donors (Lipinski definition) is 2. The highest BCUT2D eigenvalue weighted by Gasteiger charge is 2.28. The molecule has 9 nitrogen and oxygen atoms in total. The van der Waals surface area contributed by atoms with Gasteiger partial charge in [0.1, 0.15) is 0 Å². The Hall–Kier alpha value is -4.96. The Balaban J connectivity index is 1.68. The molecule has 0 spiro atoms. The van der Waals surface area contributed by atoms with Crippen LogP contribution in [0.3, 0.4) is 0 Å². The third kappa shape index (κ3) is 6.54. The van der Waals surface area contributed by atoms with Crippen LogP contribution in [-0.2, 0) is 9.53 Å². The second-order valence-electron chi connectivity index (χ2n) is 8.51. The van der Waals surface area contributed by atoms with E-state index < -0.39 is 23.9 Å². The molecule has 4 rings (SSSR count). The molecule has 2 amide bonds. The van der Waals surface area contributed by atoms with Crippen LogP contribution in [0.25, 0.3) is 0 Å². The Labute approximate surface area is 234 Å². The molecule has 0 aliphatic heterocycles. The van der Waals surface area contributed by atoms with Crippen LogP contribution in [0.15, 0.2) is 84.2 Å². The fraction of sp³-hybridized carbons (Fsp3) is 0.133. The van der Waals surface area contributed by atoms with Crippen molar-refractivity contribution in [2.45, 2.75) is 13.0 Å². The second-order valence-corrected chi connectivity index (χ2v) is 9.45. The lowest BCUT2D eigenvalue weighted by molar-refractivity contribution is -0.125. The van der Waals surface area contributed by atoms with Gasteiger partial charge in [0.05, 0.1) is 30.3 Å². The predicted octanol–water partition coefficient (Wildman–Crippen LogP) is 5.76. The van der Waals surface area contributed by atoms with E-state index in [-0.39, 0.29) is 28.5 Å². The SMILES string of the molecule is COc1cc(NC(=O)c2cccs2)c(C(=O)O[C@@H](C(=O)Nc2cccc(C(C)=O)c2)c2ccccc2)cc1OC. The summed E-state index contributed by atoms with van der Waals surface area (Å²) in [4.78, 5) is 52.1. The van der Waals surface area contributed by atoms with Crippen LogP contribution in [0.2, 0.25) is 0 Å². The van der Waals surface area contributed by atoms with E-state index in [9.17, 15) is 19.2 Å². The topological polar surface area (TPSA) is 120 Å². The van der Waals surface area contributed by atoms with E-state index in [1.165, 1.54) is 50.7 Å². The van der Waals surface area contributed by atoms with Crippen molar-refractivity contribution < 1.29 is 33.4 Å². The van der Waals surface area contributed by atoms with Gasteiger partial charge in [-0.15, -0.1) is 11.3 Å². The molecule has 0 fully saturated rings. The maximum Gasteiger partial charge on any atom is 0.341 e. The fourth-order valence-corrected chi connectivity index (χ4v) is 4.46. The quantitative estimate of drug-likeness (QED) is 0.188. The van der Waals surface area contributed by atoms with Crippen molar-refractivity contribution >= 4 is 46.3 Å². The zero-order valence-electron chi connectivity index (χ0n) is 21.9. The first kappa shape index (κ1) is 28.1. The van der Waals surface area contributed by atoms with Crippen molar-refractivity contribution in [3.8, 4) is 11.5 Å². The van der Waals surface area contributed by atoms with Gasteiger partial charge in [0, 0.05) is 28.9 Å². The molecule has 0 unspecified atom stereocenters. The van der Waals surface area contributed by atoms with Crippen molar-refractivity contribution in [2.75, 3.05) is 24.9 Å². The number of methoxy groups -OCH3 is 2. The minimum absolute atomic E-state index is 0.0464. The number of Topliss-reactive ketones (excluding diaryl/α,β-unsaturated/α-hetero) is 1. The molecule has 0 bridgehead atoms. The Morgan fingerprint density at radius 3 is 2.17 bits per heavy atom. The highest BCUT2D eigenvalue weighted by Crippen LogP contribution is 2.35. The molecule has 0 saturated carbocycles. The van der Waals surface area contributed by atoms with Gasteiger partial charge in [-0.05, 0) is 30.5 Å². The summed E-state index contributed by atoms with van der Waals surface area (Å²) in [6.45, 7) is 1.42. The molecular weight excluding hydrogens is 532 g/mol. The zero-order valence-corrected chi connectivity index (χ0v) is 22.7. The van der Waals surface area contributed by atoms with Crippen LogP contribution in [-0.4, -0.2) is 37.8 Å². The second kappa shape index (κ2) is 12.7. The van der Waals surface area contributed by atoms with Crippen molar-refractivity contribution in [1.29, 1.82) is 0 Å². The smallest absolute Gasteiger partial charge is 0.341 e. The summed E-state index contributed by atoms with van der Waals surface area (Å²) in [6.07, 6.45) is -1.36. The van der Waals surface area contributed by atoms with Gasteiger partial charge in [0.25, 0.3) is 11.8 Å². The normalized spacial score (nSPS) is 11.2. The van der Waals surface area contributed by atoms with E-state index >= 15 is 0 Å². The van der Waals surface area contributed by atoms with Crippen LogP contribution in [0.5, 0.6) is 11.5 Å². The number of amides is 2. The maximum atomic E-state index is 13.6. The minimum Gasteiger partial charge on any atom is -0.493 e. The van der Waals surface area contributed by atoms with Gasteiger partial charge in [-0.3, -0.25) is 14.4 Å². The number of hydrogen-bond acceptors (Lipinski definition) is 8. The first-order valence-electron chi connectivity index (χ1n) is 12.1. The molecule has 40 heavy (non-hydrogen) atoms. The first-order chi connectivity index (χ1) is 19.3. The summed E-state index contributed by atoms with van der Waals surface area (Å²) < 4.78 is 16.5. The summed E-state index contributed by atoms with van der Waals surface area (Å²) in [7, 11) is 2.84. The third-order valence-electron chi connectivity index (χ3n) is 5.84. The van der Waals surface area contributed by atoms with Gasteiger partial charge in [-0.2, -0.15) is 0 Å².